The van der Waals surface area contributed by atoms with Crippen molar-refractivity contribution < 1.29 is 0 Å². The van der Waals surface area contributed by atoms with Crippen molar-refractivity contribution in [2.24, 2.45) is 10.7 Å². The van der Waals surface area contributed by atoms with Crippen molar-refractivity contribution in [2.75, 3.05) is 24.2 Å². The van der Waals surface area contributed by atoms with E-state index in [0.717, 1.165) is 58.0 Å². The van der Waals surface area contributed by atoms with Crippen LogP contribution in [-0.4, -0.2) is 20.3 Å². The number of benzene rings is 7. The molecule has 1 unspecified atom stereocenters. The molecule has 7 aromatic carbocycles. The van der Waals surface area contributed by atoms with Crippen molar-refractivity contribution in [1.82, 2.24) is 5.32 Å². The molecule has 7 aromatic rings. The summed E-state index contributed by atoms with van der Waals surface area (Å²) in [6.07, 6.45) is 4.35. The molecule has 5 nitrogen and oxygen atoms in total. The zero-order valence-corrected chi connectivity index (χ0v) is 34.3. The number of nitrogens with two attached hydrogens (primary N) is 1. The van der Waals surface area contributed by atoms with Gasteiger partial charge in [0.25, 0.3) is 0 Å². The van der Waals surface area contributed by atoms with Crippen LogP contribution in [0.25, 0.3) is 28.0 Å². The predicted octanol–water partition coefficient (Wildman–Crippen LogP) is 13.1. The van der Waals surface area contributed by atoms with E-state index in [2.05, 4.69) is 161 Å². The molecule has 0 aliphatic rings. The maximum absolute atomic E-state index is 5.35. The largest absolute Gasteiger partial charge is 0.379 e. The van der Waals surface area contributed by atoms with Crippen LogP contribution in [0.3, 0.4) is 0 Å². The van der Waals surface area contributed by atoms with Gasteiger partial charge < -0.3 is 21.7 Å². The van der Waals surface area contributed by atoms with Gasteiger partial charge in [0, 0.05) is 36.3 Å². The van der Waals surface area contributed by atoms with E-state index in [1.54, 1.807) is 0 Å². The molecule has 0 aliphatic carbocycles. The lowest BCUT2D eigenvalue weighted by molar-refractivity contribution is 0.882. The second-order valence-corrected chi connectivity index (χ2v) is 12.8. The summed E-state index contributed by atoms with van der Waals surface area (Å²) < 4.78 is 0. The summed E-state index contributed by atoms with van der Waals surface area (Å²) in [6, 6.07) is 58.8. The van der Waals surface area contributed by atoms with Crippen LogP contribution in [0.4, 0.5) is 17.1 Å². The number of nitrogens with one attached hydrogen (secondary N) is 3. The molecule has 0 radical (unpaired) electrons. The van der Waals surface area contributed by atoms with E-state index in [-0.39, 0.29) is 6.04 Å². The Morgan fingerprint density at radius 3 is 1.82 bits per heavy atom. The molecule has 5 N–H and O–H groups in total. The lowest BCUT2D eigenvalue weighted by atomic mass is 9.95. The molecule has 292 valence electrons. The maximum Gasteiger partial charge on any atom is 0.0992 e. The van der Waals surface area contributed by atoms with Crippen molar-refractivity contribution in [3.8, 4) is 11.1 Å². The van der Waals surface area contributed by atoms with Gasteiger partial charge in [0.05, 0.1) is 17.4 Å². The smallest absolute Gasteiger partial charge is 0.0992 e. The summed E-state index contributed by atoms with van der Waals surface area (Å²) in [6.45, 7) is 14.0. The van der Waals surface area contributed by atoms with E-state index in [1.165, 1.54) is 21.9 Å². The fourth-order valence-corrected chi connectivity index (χ4v) is 6.37. The molecular formula is C52H59N5. The van der Waals surface area contributed by atoms with Gasteiger partial charge >= 0.3 is 0 Å². The van der Waals surface area contributed by atoms with Gasteiger partial charge in [-0.1, -0.05) is 185 Å². The molecule has 0 aliphatic heterocycles. The van der Waals surface area contributed by atoms with Crippen LogP contribution in [-0.2, 0) is 13.1 Å². The third kappa shape index (κ3) is 12.6. The minimum atomic E-state index is -0.115. The fraction of sp³-hybridized carbons (Fsp3) is 0.173. The summed E-state index contributed by atoms with van der Waals surface area (Å²) in [7, 11) is 1.96. The number of hydrogen-bond donors (Lipinski definition) is 4. The number of rotatable bonds is 13. The fourth-order valence-electron chi connectivity index (χ4n) is 6.37. The number of nitrogens with zero attached hydrogens (tertiary/aromatic N) is 1. The Kier molecular flexibility index (Phi) is 18.5. The molecule has 57 heavy (non-hydrogen) atoms. The highest BCUT2D eigenvalue weighted by Crippen LogP contribution is 2.39. The zero-order chi connectivity index (χ0) is 40.7. The minimum absolute atomic E-state index is 0.115. The van der Waals surface area contributed by atoms with Gasteiger partial charge in [-0.25, -0.2) is 0 Å². The minimum Gasteiger partial charge on any atom is -0.379 e. The molecular weight excluding hydrogens is 695 g/mol. The zero-order valence-electron chi connectivity index (χ0n) is 34.3. The SMILES string of the molecule is C=NC(c1ccccc1)c1cccc(-c2cccc(Nc3c(/C=C\CNC)cc4ccccc4c3NCc3ccccc3)c2)c1.CC.CC.NCc1ccccc1. The van der Waals surface area contributed by atoms with Crippen LogP contribution in [0.1, 0.15) is 61.6 Å². The number of likely N-dealkylation sites (N-methyl/N-ethyl adjacent to an activating group) is 1. The molecule has 0 saturated heterocycles. The van der Waals surface area contributed by atoms with Gasteiger partial charge in [-0.2, -0.15) is 0 Å². The van der Waals surface area contributed by atoms with Crippen molar-refractivity contribution >= 4 is 40.6 Å². The Labute approximate surface area is 341 Å². The molecule has 1 atom stereocenters. The topological polar surface area (TPSA) is 74.5 Å². The molecule has 0 spiro atoms. The highest BCUT2D eigenvalue weighted by Gasteiger charge is 2.15. The summed E-state index contributed by atoms with van der Waals surface area (Å²) in [5.41, 5.74) is 16.5. The molecule has 0 fully saturated rings. The van der Waals surface area contributed by atoms with Gasteiger partial charge in [0.1, 0.15) is 0 Å². The quantitative estimate of drug-likeness (QED) is 0.0885. The molecule has 0 amide bonds. The van der Waals surface area contributed by atoms with E-state index in [1.807, 2.05) is 83.3 Å². The predicted molar refractivity (Wildman–Crippen MR) is 251 cm³/mol. The van der Waals surface area contributed by atoms with Gasteiger partial charge in [0.2, 0.25) is 0 Å². The standard InChI is InChI=1S/C41H38N4.C7H9N.2C2H6/c1-42-25-13-22-36-27-34-18-9-10-24-38(34)41(44-29-30-14-5-3-6-15-30)40(36)45-37-23-12-20-33(28-37)32-19-11-21-35(26-32)39(43-2)31-16-7-4-8-17-31;8-6-7-4-2-1-3-5-7;2*1-2/h3-24,26-28,39,42,44-45H,2,25,29H2,1H3;1-5H,6,8H2;2*1-2H3/b22-13-;;;. The first-order chi connectivity index (χ1) is 28.2. The Morgan fingerprint density at radius 2 is 1.19 bits per heavy atom. The molecule has 7 rings (SSSR count). The van der Waals surface area contributed by atoms with Gasteiger partial charge in [-0.15, -0.1) is 0 Å². The first kappa shape index (κ1) is 43.5. The monoisotopic (exact) mass is 753 g/mol. The number of aliphatic imine (C=N–C) groups is 1. The molecule has 0 heterocycles. The summed E-state index contributed by atoms with van der Waals surface area (Å²) in [4.78, 5) is 4.47. The van der Waals surface area contributed by atoms with Crippen LogP contribution in [0.2, 0.25) is 0 Å². The van der Waals surface area contributed by atoms with E-state index in [0.29, 0.717) is 6.54 Å². The maximum atomic E-state index is 5.35. The Morgan fingerprint density at radius 1 is 0.614 bits per heavy atom. The van der Waals surface area contributed by atoms with Crippen molar-refractivity contribution in [3.05, 3.63) is 204 Å². The summed E-state index contributed by atoms with van der Waals surface area (Å²) in [5, 5.41) is 13.2. The first-order valence-electron chi connectivity index (χ1n) is 20.0. The highest BCUT2D eigenvalue weighted by molar-refractivity contribution is 6.04. The highest BCUT2D eigenvalue weighted by atomic mass is 15.0. The van der Waals surface area contributed by atoms with E-state index in [9.17, 15) is 0 Å². The lowest BCUT2D eigenvalue weighted by Crippen LogP contribution is -2.06. The molecule has 5 heteroatoms. The first-order valence-corrected chi connectivity index (χ1v) is 20.0. The second-order valence-electron chi connectivity index (χ2n) is 12.8. The molecule has 0 saturated carbocycles. The Bertz CT molecular complexity index is 2230. The number of anilines is 3. The van der Waals surface area contributed by atoms with Gasteiger partial charge in [-0.05, 0) is 76.8 Å². The third-order valence-electron chi connectivity index (χ3n) is 9.06. The lowest BCUT2D eigenvalue weighted by Gasteiger charge is -2.20. The van der Waals surface area contributed by atoms with Crippen LogP contribution < -0.4 is 21.7 Å². The van der Waals surface area contributed by atoms with Crippen molar-refractivity contribution in [1.29, 1.82) is 0 Å². The Balaban J connectivity index is 0.000000524. The number of hydrogen-bond acceptors (Lipinski definition) is 5. The van der Waals surface area contributed by atoms with Gasteiger partial charge in [0.15, 0.2) is 0 Å². The average Bonchev–Trinajstić information content (AvgIpc) is 3.29. The van der Waals surface area contributed by atoms with E-state index < -0.39 is 0 Å². The van der Waals surface area contributed by atoms with Crippen LogP contribution in [0.15, 0.2) is 181 Å². The van der Waals surface area contributed by atoms with Crippen LogP contribution in [0, 0.1) is 0 Å². The summed E-state index contributed by atoms with van der Waals surface area (Å²) in [5.74, 6) is 0. The molecule has 0 bridgehead atoms. The Hall–Kier alpha value is -6.27. The second kappa shape index (κ2) is 24.3. The van der Waals surface area contributed by atoms with Crippen molar-refractivity contribution in [2.45, 2.75) is 46.8 Å². The van der Waals surface area contributed by atoms with Crippen LogP contribution in [0.5, 0.6) is 0 Å². The summed E-state index contributed by atoms with van der Waals surface area (Å²) >= 11 is 0. The third-order valence-corrected chi connectivity index (χ3v) is 9.06. The van der Waals surface area contributed by atoms with Crippen LogP contribution >= 0.6 is 0 Å². The molecule has 0 aromatic heterocycles. The van der Waals surface area contributed by atoms with E-state index >= 15 is 0 Å². The van der Waals surface area contributed by atoms with E-state index in [4.69, 9.17) is 5.73 Å². The van der Waals surface area contributed by atoms with Crippen molar-refractivity contribution in [3.63, 3.8) is 0 Å². The van der Waals surface area contributed by atoms with Gasteiger partial charge in [-0.3, -0.25) is 4.99 Å². The normalized spacial score (nSPS) is 10.8. The average molecular weight is 754 g/mol. The number of fused-ring (bicyclic) bond motifs is 1.